The molecule has 1 atom stereocenters. The number of carboxylic acids is 1. The zero-order chi connectivity index (χ0) is 13.9. The molecule has 108 valence electrons. The van der Waals surface area contributed by atoms with E-state index in [1.54, 1.807) is 14.0 Å². The van der Waals surface area contributed by atoms with Crippen molar-refractivity contribution >= 4 is 5.97 Å². The third-order valence-electron chi connectivity index (χ3n) is 2.77. The second kappa shape index (κ2) is 10.3. The van der Waals surface area contributed by atoms with Gasteiger partial charge in [-0.3, -0.25) is 4.79 Å². The van der Waals surface area contributed by atoms with Gasteiger partial charge in [-0.15, -0.1) is 0 Å². The largest absolute Gasteiger partial charge is 0.480 e. The lowest BCUT2D eigenvalue weighted by Gasteiger charge is -2.22. The van der Waals surface area contributed by atoms with Crippen molar-refractivity contribution in [2.24, 2.45) is 5.73 Å². The van der Waals surface area contributed by atoms with Crippen LogP contribution in [0.15, 0.2) is 0 Å². The summed E-state index contributed by atoms with van der Waals surface area (Å²) < 4.78 is 15.4. The Bertz CT molecular complexity index is 225. The molecule has 0 aromatic heterocycles. The van der Waals surface area contributed by atoms with E-state index in [4.69, 9.17) is 25.1 Å². The molecule has 0 heterocycles. The van der Waals surface area contributed by atoms with Crippen LogP contribution in [0.1, 0.15) is 26.2 Å². The van der Waals surface area contributed by atoms with Crippen LogP contribution in [0.4, 0.5) is 0 Å². The summed E-state index contributed by atoms with van der Waals surface area (Å²) in [6.07, 6.45) is 1.47. The second-order valence-electron chi connectivity index (χ2n) is 4.14. The average molecular weight is 263 g/mol. The Morgan fingerprint density at radius 2 is 1.72 bits per heavy atom. The first kappa shape index (κ1) is 17.3. The molecular weight excluding hydrogens is 238 g/mol. The fourth-order valence-corrected chi connectivity index (χ4v) is 1.39. The van der Waals surface area contributed by atoms with E-state index in [1.165, 1.54) is 0 Å². The van der Waals surface area contributed by atoms with Gasteiger partial charge in [-0.05, 0) is 19.3 Å². The van der Waals surface area contributed by atoms with Crippen molar-refractivity contribution in [2.75, 3.05) is 40.1 Å². The van der Waals surface area contributed by atoms with Crippen LogP contribution in [0.5, 0.6) is 0 Å². The highest BCUT2D eigenvalue weighted by Crippen LogP contribution is 2.14. The number of hydrogen-bond acceptors (Lipinski definition) is 5. The monoisotopic (exact) mass is 263 g/mol. The predicted molar refractivity (Wildman–Crippen MR) is 67.6 cm³/mol. The number of carboxylic acid groups (broad SMARTS) is 1. The molecule has 0 saturated carbocycles. The first-order valence-electron chi connectivity index (χ1n) is 6.23. The lowest BCUT2D eigenvalue weighted by molar-refractivity contribution is -0.143. The van der Waals surface area contributed by atoms with Gasteiger partial charge in [-0.1, -0.05) is 6.92 Å². The average Bonchev–Trinajstić information content (AvgIpc) is 2.36. The van der Waals surface area contributed by atoms with Gasteiger partial charge < -0.3 is 25.1 Å². The molecule has 1 unspecified atom stereocenters. The number of hydrogen-bond donors (Lipinski definition) is 2. The molecule has 0 amide bonds. The quantitative estimate of drug-likeness (QED) is 0.502. The molecule has 6 heteroatoms. The number of aliphatic carboxylic acids is 1. The van der Waals surface area contributed by atoms with Gasteiger partial charge in [0.2, 0.25) is 0 Å². The molecule has 18 heavy (non-hydrogen) atoms. The molecule has 0 aliphatic carbocycles. The van der Waals surface area contributed by atoms with Crippen molar-refractivity contribution < 1.29 is 24.1 Å². The maximum absolute atomic E-state index is 10.9. The zero-order valence-corrected chi connectivity index (χ0v) is 11.3. The van der Waals surface area contributed by atoms with Crippen molar-refractivity contribution in [1.82, 2.24) is 0 Å². The lowest BCUT2D eigenvalue weighted by Crippen LogP contribution is -2.47. The van der Waals surface area contributed by atoms with E-state index in [0.717, 1.165) is 0 Å². The molecule has 0 saturated heterocycles. The number of rotatable bonds is 12. The second-order valence-corrected chi connectivity index (χ2v) is 4.14. The maximum Gasteiger partial charge on any atom is 0.323 e. The van der Waals surface area contributed by atoms with E-state index < -0.39 is 11.5 Å². The number of carbonyl (C=O) groups is 1. The molecule has 0 radical (unpaired) electrons. The molecule has 0 rings (SSSR count). The van der Waals surface area contributed by atoms with Crippen molar-refractivity contribution in [3.8, 4) is 0 Å². The molecule has 0 aliphatic rings. The summed E-state index contributed by atoms with van der Waals surface area (Å²) in [6.45, 7) is 4.42. The summed E-state index contributed by atoms with van der Waals surface area (Å²) in [4.78, 5) is 10.9. The van der Waals surface area contributed by atoms with E-state index in [2.05, 4.69) is 0 Å². The Kier molecular flexibility index (Phi) is 9.86. The lowest BCUT2D eigenvalue weighted by atomic mass is 9.92. The van der Waals surface area contributed by atoms with Crippen molar-refractivity contribution in [2.45, 2.75) is 31.7 Å². The summed E-state index contributed by atoms with van der Waals surface area (Å²) >= 11 is 0. The SMILES string of the molecule is CCC(N)(CCCOCCOCCOC)C(=O)O. The van der Waals surface area contributed by atoms with E-state index >= 15 is 0 Å². The summed E-state index contributed by atoms with van der Waals surface area (Å²) in [5.41, 5.74) is 4.62. The van der Waals surface area contributed by atoms with Gasteiger partial charge in [0.05, 0.1) is 26.4 Å². The van der Waals surface area contributed by atoms with Crippen molar-refractivity contribution in [1.29, 1.82) is 0 Å². The van der Waals surface area contributed by atoms with Crippen LogP contribution in [0.2, 0.25) is 0 Å². The van der Waals surface area contributed by atoms with E-state index in [0.29, 0.717) is 52.3 Å². The first-order valence-corrected chi connectivity index (χ1v) is 6.23. The van der Waals surface area contributed by atoms with Gasteiger partial charge in [0.1, 0.15) is 5.54 Å². The molecular formula is C12H25NO5. The molecule has 0 aromatic carbocycles. The Morgan fingerprint density at radius 3 is 2.22 bits per heavy atom. The topological polar surface area (TPSA) is 91.0 Å². The normalized spacial score (nSPS) is 14.4. The zero-order valence-electron chi connectivity index (χ0n) is 11.3. The van der Waals surface area contributed by atoms with Crippen LogP contribution < -0.4 is 5.73 Å². The Balaban J connectivity index is 3.42. The highest BCUT2D eigenvalue weighted by atomic mass is 16.5. The van der Waals surface area contributed by atoms with Crippen LogP contribution in [0.3, 0.4) is 0 Å². The first-order chi connectivity index (χ1) is 8.56. The van der Waals surface area contributed by atoms with Gasteiger partial charge in [-0.25, -0.2) is 0 Å². The third kappa shape index (κ3) is 7.60. The Morgan fingerprint density at radius 1 is 1.17 bits per heavy atom. The van der Waals surface area contributed by atoms with Gasteiger partial charge in [0.15, 0.2) is 0 Å². The fraction of sp³-hybridized carbons (Fsp3) is 0.917. The highest BCUT2D eigenvalue weighted by molar-refractivity contribution is 5.78. The van der Waals surface area contributed by atoms with E-state index in [9.17, 15) is 4.79 Å². The van der Waals surface area contributed by atoms with E-state index in [-0.39, 0.29) is 0 Å². The van der Waals surface area contributed by atoms with Gasteiger partial charge in [0.25, 0.3) is 0 Å². The Hall–Kier alpha value is -0.690. The molecule has 0 spiro atoms. The van der Waals surface area contributed by atoms with E-state index in [1.807, 2.05) is 0 Å². The Labute approximate surface area is 108 Å². The molecule has 6 nitrogen and oxygen atoms in total. The molecule has 3 N–H and O–H groups in total. The summed E-state index contributed by atoms with van der Waals surface area (Å²) in [7, 11) is 1.62. The number of methoxy groups -OCH3 is 1. The smallest absolute Gasteiger partial charge is 0.323 e. The summed E-state index contributed by atoms with van der Waals surface area (Å²) in [5.74, 6) is -0.951. The van der Waals surface area contributed by atoms with Crippen LogP contribution >= 0.6 is 0 Å². The standard InChI is InChI=1S/C12H25NO5/c1-3-12(13,11(14)15)5-4-6-17-9-10-18-8-7-16-2/h3-10,13H2,1-2H3,(H,14,15). The van der Waals surface area contributed by atoms with Crippen molar-refractivity contribution in [3.05, 3.63) is 0 Å². The summed E-state index contributed by atoms with van der Waals surface area (Å²) in [5, 5.41) is 8.96. The third-order valence-corrected chi connectivity index (χ3v) is 2.77. The molecule has 0 aromatic rings. The minimum absolute atomic E-state index is 0.419. The minimum atomic E-state index is -1.13. The molecule has 0 fully saturated rings. The van der Waals surface area contributed by atoms with Crippen LogP contribution in [-0.2, 0) is 19.0 Å². The van der Waals surface area contributed by atoms with Gasteiger partial charge >= 0.3 is 5.97 Å². The number of ether oxygens (including phenoxy) is 3. The van der Waals surface area contributed by atoms with Crippen LogP contribution in [0, 0.1) is 0 Å². The van der Waals surface area contributed by atoms with Crippen molar-refractivity contribution in [3.63, 3.8) is 0 Å². The summed E-state index contributed by atoms with van der Waals surface area (Å²) in [6, 6.07) is 0. The predicted octanol–water partition coefficient (Wildman–Crippen LogP) is 0.638. The van der Waals surface area contributed by atoms with Gasteiger partial charge in [0, 0.05) is 13.7 Å². The van der Waals surface area contributed by atoms with Crippen LogP contribution in [0.25, 0.3) is 0 Å². The highest BCUT2D eigenvalue weighted by Gasteiger charge is 2.30. The fourth-order valence-electron chi connectivity index (χ4n) is 1.39. The molecule has 0 bridgehead atoms. The van der Waals surface area contributed by atoms with Crippen LogP contribution in [-0.4, -0.2) is 56.8 Å². The van der Waals surface area contributed by atoms with Gasteiger partial charge in [-0.2, -0.15) is 0 Å². The minimum Gasteiger partial charge on any atom is -0.480 e. The number of nitrogens with two attached hydrogens (primary N) is 1. The molecule has 0 aliphatic heterocycles. The maximum atomic E-state index is 10.9.